The van der Waals surface area contributed by atoms with Gasteiger partial charge in [-0.3, -0.25) is 9.00 Å². The van der Waals surface area contributed by atoms with Gasteiger partial charge in [0.1, 0.15) is 16.9 Å². The van der Waals surface area contributed by atoms with Crippen molar-refractivity contribution >= 4 is 28.1 Å². The number of nitrogens with one attached hydrogen (secondary N) is 1. The lowest BCUT2D eigenvalue weighted by atomic mass is 9.90. The molecular weight excluding hydrogens is 365 g/mol. The number of benzene rings is 1. The van der Waals surface area contributed by atoms with Gasteiger partial charge in [0.2, 0.25) is 5.91 Å². The van der Waals surface area contributed by atoms with Crippen LogP contribution in [0.2, 0.25) is 0 Å². The number of nitrogens with zero attached hydrogens (tertiary/aromatic N) is 2. The van der Waals surface area contributed by atoms with Crippen molar-refractivity contribution in [3.05, 3.63) is 47.9 Å². The summed E-state index contributed by atoms with van der Waals surface area (Å²) in [5.41, 5.74) is 2.20. The molecular formula is C20H24FN3O2S. The molecule has 1 aliphatic heterocycles. The SMILES string of the molecule is Cc1cc(F)ccc1N1CC(C)(C)CC1C(=O)Nc1ccnc([S@@](C)=O)c1. The average molecular weight is 389 g/mol. The third-order valence-corrected chi connectivity index (χ3v) is 5.60. The summed E-state index contributed by atoms with van der Waals surface area (Å²) in [6.45, 7) is 6.80. The lowest BCUT2D eigenvalue weighted by molar-refractivity contribution is -0.117. The van der Waals surface area contributed by atoms with Crippen LogP contribution in [0.5, 0.6) is 0 Å². The van der Waals surface area contributed by atoms with E-state index in [1.165, 1.54) is 18.3 Å². The zero-order valence-electron chi connectivity index (χ0n) is 16.0. The zero-order valence-corrected chi connectivity index (χ0v) is 16.8. The summed E-state index contributed by atoms with van der Waals surface area (Å²) >= 11 is 0. The lowest BCUT2D eigenvalue weighted by Gasteiger charge is -2.28. The Morgan fingerprint density at radius 1 is 1.33 bits per heavy atom. The van der Waals surface area contributed by atoms with Gasteiger partial charge in [-0.25, -0.2) is 9.37 Å². The van der Waals surface area contributed by atoms with Crippen LogP contribution in [-0.4, -0.2) is 33.9 Å². The molecule has 1 aliphatic rings. The summed E-state index contributed by atoms with van der Waals surface area (Å²) in [5, 5.41) is 3.34. The number of hydrogen-bond acceptors (Lipinski definition) is 4. The minimum Gasteiger partial charge on any atom is -0.359 e. The molecule has 1 unspecified atom stereocenters. The molecule has 2 heterocycles. The van der Waals surface area contributed by atoms with Gasteiger partial charge >= 0.3 is 0 Å². The Balaban J connectivity index is 1.87. The van der Waals surface area contributed by atoms with Gasteiger partial charge in [-0.1, -0.05) is 13.8 Å². The molecule has 0 spiro atoms. The molecule has 1 aromatic carbocycles. The summed E-state index contributed by atoms with van der Waals surface area (Å²) in [7, 11) is -1.22. The molecule has 0 saturated carbocycles. The first-order valence-corrected chi connectivity index (χ1v) is 10.4. The Kier molecular flexibility index (Phi) is 5.33. The van der Waals surface area contributed by atoms with Crippen molar-refractivity contribution in [1.82, 2.24) is 4.98 Å². The molecule has 5 nitrogen and oxygen atoms in total. The normalized spacial score (nSPS) is 19.7. The number of amides is 1. The van der Waals surface area contributed by atoms with E-state index in [2.05, 4.69) is 24.1 Å². The number of halogens is 1. The molecule has 2 aromatic rings. The molecule has 1 N–H and O–H groups in total. The summed E-state index contributed by atoms with van der Waals surface area (Å²) in [6, 6.07) is 7.59. The van der Waals surface area contributed by atoms with Crippen molar-refractivity contribution in [3.63, 3.8) is 0 Å². The van der Waals surface area contributed by atoms with Gasteiger partial charge in [-0.2, -0.15) is 0 Å². The molecule has 1 fully saturated rings. The van der Waals surface area contributed by atoms with Gasteiger partial charge in [0, 0.05) is 30.4 Å². The summed E-state index contributed by atoms with van der Waals surface area (Å²) < 4.78 is 25.1. The van der Waals surface area contributed by atoms with Crippen LogP contribution in [0.3, 0.4) is 0 Å². The molecule has 0 bridgehead atoms. The maximum Gasteiger partial charge on any atom is 0.247 e. The third-order valence-electron chi connectivity index (χ3n) is 4.79. The van der Waals surface area contributed by atoms with Crippen molar-refractivity contribution in [2.24, 2.45) is 5.41 Å². The molecule has 0 radical (unpaired) electrons. The standard InChI is InChI=1S/C20H24FN3O2S/c1-13-9-14(21)5-6-16(13)24-12-20(2,3)11-17(24)19(25)23-15-7-8-22-18(10-15)27(4)26/h5-10,17H,11-12H2,1-4H3,(H,22,23,25)/t17?,27-/m1/s1. The summed E-state index contributed by atoms with van der Waals surface area (Å²) in [6.07, 6.45) is 3.77. The van der Waals surface area contributed by atoms with Crippen molar-refractivity contribution in [2.75, 3.05) is 23.0 Å². The summed E-state index contributed by atoms with van der Waals surface area (Å²) in [4.78, 5) is 19.1. The highest BCUT2D eigenvalue weighted by Crippen LogP contribution is 2.39. The highest BCUT2D eigenvalue weighted by atomic mass is 32.2. The molecule has 144 valence electrons. The fourth-order valence-corrected chi connectivity index (χ4v) is 4.07. The van der Waals surface area contributed by atoms with E-state index in [1.54, 1.807) is 24.5 Å². The number of pyridine rings is 1. The minimum absolute atomic E-state index is 0.0445. The van der Waals surface area contributed by atoms with Gasteiger partial charge in [-0.05, 0) is 54.7 Å². The van der Waals surface area contributed by atoms with E-state index in [4.69, 9.17) is 0 Å². The molecule has 3 rings (SSSR count). The average Bonchev–Trinajstić information content (AvgIpc) is 2.90. The van der Waals surface area contributed by atoms with Gasteiger partial charge in [-0.15, -0.1) is 0 Å². The van der Waals surface area contributed by atoms with Crippen molar-refractivity contribution in [1.29, 1.82) is 0 Å². The molecule has 1 amide bonds. The second-order valence-electron chi connectivity index (χ2n) is 7.77. The first-order valence-electron chi connectivity index (χ1n) is 8.79. The molecule has 1 saturated heterocycles. The van der Waals surface area contributed by atoms with Crippen LogP contribution in [-0.2, 0) is 15.6 Å². The molecule has 0 aliphatic carbocycles. The fraction of sp³-hybridized carbons (Fsp3) is 0.400. The highest BCUT2D eigenvalue weighted by molar-refractivity contribution is 7.84. The van der Waals surface area contributed by atoms with E-state index in [0.29, 0.717) is 23.7 Å². The monoisotopic (exact) mass is 389 g/mol. The Morgan fingerprint density at radius 2 is 2.07 bits per heavy atom. The second kappa shape index (κ2) is 7.38. The molecule has 2 atom stereocenters. The zero-order chi connectivity index (χ0) is 19.8. The number of anilines is 2. The number of carbonyl (C=O) groups excluding carboxylic acids is 1. The third kappa shape index (κ3) is 4.35. The lowest BCUT2D eigenvalue weighted by Crippen LogP contribution is -2.40. The first-order chi connectivity index (χ1) is 12.7. The van der Waals surface area contributed by atoms with E-state index in [1.807, 2.05) is 11.8 Å². The largest absolute Gasteiger partial charge is 0.359 e. The fourth-order valence-electron chi connectivity index (χ4n) is 3.57. The number of aryl methyl sites for hydroxylation is 1. The van der Waals surface area contributed by atoms with Crippen molar-refractivity contribution in [3.8, 4) is 0 Å². The Bertz CT molecular complexity index is 901. The smallest absolute Gasteiger partial charge is 0.247 e. The van der Waals surface area contributed by atoms with E-state index in [9.17, 15) is 13.4 Å². The van der Waals surface area contributed by atoms with E-state index in [0.717, 1.165) is 11.3 Å². The predicted molar refractivity (Wildman–Crippen MR) is 106 cm³/mol. The van der Waals surface area contributed by atoms with Gasteiger partial charge < -0.3 is 10.2 Å². The maximum atomic E-state index is 13.5. The van der Waals surface area contributed by atoms with E-state index >= 15 is 0 Å². The number of carbonyl (C=O) groups is 1. The van der Waals surface area contributed by atoms with Crippen LogP contribution in [0.15, 0.2) is 41.6 Å². The Labute approximate surface area is 161 Å². The number of rotatable bonds is 4. The van der Waals surface area contributed by atoms with Crippen molar-refractivity contribution in [2.45, 2.75) is 38.3 Å². The Morgan fingerprint density at radius 3 is 2.74 bits per heavy atom. The topological polar surface area (TPSA) is 62.3 Å². The molecule has 7 heteroatoms. The summed E-state index contributed by atoms with van der Waals surface area (Å²) in [5.74, 6) is -0.420. The Hall–Kier alpha value is -2.28. The van der Waals surface area contributed by atoms with E-state index < -0.39 is 10.8 Å². The van der Waals surface area contributed by atoms with Gasteiger partial charge in [0.15, 0.2) is 0 Å². The van der Waals surface area contributed by atoms with Gasteiger partial charge in [0.25, 0.3) is 0 Å². The molecule has 1 aromatic heterocycles. The van der Waals surface area contributed by atoms with Crippen LogP contribution < -0.4 is 10.2 Å². The highest BCUT2D eigenvalue weighted by Gasteiger charge is 2.41. The molecule has 27 heavy (non-hydrogen) atoms. The van der Waals surface area contributed by atoms with Gasteiger partial charge in [0.05, 0.1) is 10.8 Å². The predicted octanol–water partition coefficient (Wildman–Crippen LogP) is 3.51. The van der Waals surface area contributed by atoms with Crippen molar-refractivity contribution < 1.29 is 13.4 Å². The quantitative estimate of drug-likeness (QED) is 0.869. The van der Waals surface area contributed by atoms with Crippen LogP contribution in [0.4, 0.5) is 15.8 Å². The number of aromatic nitrogens is 1. The maximum absolute atomic E-state index is 13.5. The number of hydrogen-bond donors (Lipinski definition) is 1. The van der Waals surface area contributed by atoms with E-state index in [-0.39, 0.29) is 23.2 Å². The van der Waals surface area contributed by atoms with Crippen LogP contribution in [0, 0.1) is 18.2 Å². The second-order valence-corrected chi connectivity index (χ2v) is 9.10. The minimum atomic E-state index is -1.22. The first kappa shape index (κ1) is 19.5. The van der Waals surface area contributed by atoms with Crippen LogP contribution in [0.25, 0.3) is 0 Å². The van der Waals surface area contributed by atoms with Crippen LogP contribution in [0.1, 0.15) is 25.8 Å². The van der Waals surface area contributed by atoms with Crippen LogP contribution >= 0.6 is 0 Å².